The lowest BCUT2D eigenvalue weighted by Crippen LogP contribution is -2.43. The highest BCUT2D eigenvalue weighted by Gasteiger charge is 2.27. The van der Waals surface area contributed by atoms with Gasteiger partial charge in [-0.15, -0.1) is 0 Å². The molecule has 0 saturated carbocycles. The average molecular weight is 181 g/mol. The maximum Gasteiger partial charge on any atom is 0.124 e. The second kappa shape index (κ2) is 2.73. The molecule has 72 valence electrons. The molecular weight excluding hydrogens is 166 g/mol. The molecule has 2 heterocycles. The van der Waals surface area contributed by atoms with Crippen LogP contribution in [-0.2, 0) is 0 Å². The first kappa shape index (κ1) is 8.56. The molecule has 0 aromatic carbocycles. The van der Waals surface area contributed by atoms with E-state index in [9.17, 15) is 5.11 Å². The Kier molecular flexibility index (Phi) is 1.80. The van der Waals surface area contributed by atoms with Crippen LogP contribution in [0.1, 0.15) is 13.3 Å². The number of fused-ring (bicyclic) bond motifs is 1. The van der Waals surface area contributed by atoms with Gasteiger partial charge in [-0.2, -0.15) is 5.10 Å². The summed E-state index contributed by atoms with van der Waals surface area (Å²) < 4.78 is 0. The molecule has 1 unspecified atom stereocenters. The largest absolute Gasteiger partial charge is 0.380 e. The third-order valence-corrected chi connectivity index (χ3v) is 2.40. The zero-order chi connectivity index (χ0) is 9.47. The highest BCUT2D eigenvalue weighted by molar-refractivity contribution is 5.71. The maximum absolute atomic E-state index is 9.75. The second-order valence-corrected chi connectivity index (χ2v) is 3.87. The fourth-order valence-electron chi connectivity index (χ4n) is 1.67. The molecule has 1 fully saturated rings. The van der Waals surface area contributed by atoms with Crippen LogP contribution in [0.2, 0.25) is 0 Å². The Morgan fingerprint density at radius 2 is 2.31 bits per heavy atom. The second-order valence-electron chi connectivity index (χ2n) is 3.87. The van der Waals surface area contributed by atoms with Gasteiger partial charge in [0.1, 0.15) is 11.4 Å². The molecule has 0 radical (unpaired) electrons. The van der Waals surface area contributed by atoms with E-state index >= 15 is 0 Å². The fourth-order valence-corrected chi connectivity index (χ4v) is 1.67. The molecule has 1 saturated heterocycles. The Bertz CT molecular complexity index is 270. The first-order valence-electron chi connectivity index (χ1n) is 4.57. The molecule has 4 heteroatoms. The molecule has 0 aliphatic carbocycles. The maximum atomic E-state index is 9.75. The van der Waals surface area contributed by atoms with Crippen LogP contribution in [0.5, 0.6) is 0 Å². The van der Waals surface area contributed by atoms with Crippen LogP contribution in [0, 0.1) is 0 Å². The van der Waals surface area contributed by atoms with E-state index in [-0.39, 0.29) is 0 Å². The van der Waals surface area contributed by atoms with E-state index in [1.165, 1.54) is 0 Å². The molecule has 0 aromatic rings. The molecule has 0 aromatic heterocycles. The summed E-state index contributed by atoms with van der Waals surface area (Å²) in [4.78, 5) is 2.12. The van der Waals surface area contributed by atoms with Crippen LogP contribution in [0.3, 0.4) is 0 Å². The molecule has 0 bridgehead atoms. The minimum absolute atomic E-state index is 0.891. The van der Waals surface area contributed by atoms with Gasteiger partial charge in [-0.1, -0.05) is 0 Å². The highest BCUT2D eigenvalue weighted by atomic mass is 16.3. The molecule has 1 N–H and O–H groups in total. The lowest BCUT2D eigenvalue weighted by atomic mass is 10.1. The monoisotopic (exact) mass is 181 g/mol. The molecule has 13 heavy (non-hydrogen) atoms. The molecule has 0 spiro atoms. The third kappa shape index (κ3) is 1.54. The van der Waals surface area contributed by atoms with Gasteiger partial charge in [0.25, 0.3) is 0 Å². The summed E-state index contributed by atoms with van der Waals surface area (Å²) in [6, 6.07) is 0. The molecule has 1 atom stereocenters. The highest BCUT2D eigenvalue weighted by Crippen LogP contribution is 2.23. The van der Waals surface area contributed by atoms with E-state index in [0.717, 1.165) is 25.3 Å². The van der Waals surface area contributed by atoms with Gasteiger partial charge in [0.05, 0.1) is 6.21 Å². The molecule has 4 nitrogen and oxygen atoms in total. The number of hydrogen-bond donors (Lipinski definition) is 1. The van der Waals surface area contributed by atoms with Crippen molar-refractivity contribution in [3.8, 4) is 0 Å². The molecule has 0 amide bonds. The van der Waals surface area contributed by atoms with Gasteiger partial charge in [-0.05, 0) is 19.4 Å². The van der Waals surface area contributed by atoms with Gasteiger partial charge >= 0.3 is 0 Å². The van der Waals surface area contributed by atoms with E-state index in [2.05, 4.69) is 10.0 Å². The smallest absolute Gasteiger partial charge is 0.124 e. The van der Waals surface area contributed by atoms with Crippen LogP contribution in [-0.4, -0.2) is 47.0 Å². The van der Waals surface area contributed by atoms with Crippen molar-refractivity contribution in [2.75, 3.05) is 20.1 Å². The summed E-state index contributed by atoms with van der Waals surface area (Å²) in [5.74, 6) is 1.01. The van der Waals surface area contributed by atoms with Crippen molar-refractivity contribution in [1.29, 1.82) is 0 Å². The van der Waals surface area contributed by atoms with Crippen molar-refractivity contribution in [3.05, 3.63) is 11.9 Å². The molecule has 2 aliphatic heterocycles. The van der Waals surface area contributed by atoms with Crippen molar-refractivity contribution in [3.63, 3.8) is 0 Å². The summed E-state index contributed by atoms with van der Waals surface area (Å²) in [6.07, 6.45) is 4.54. The quantitative estimate of drug-likeness (QED) is 0.581. The van der Waals surface area contributed by atoms with Crippen molar-refractivity contribution >= 4 is 6.21 Å². The Balaban J connectivity index is 2.28. The predicted octanol–water partition coefficient (Wildman–Crippen LogP) is 0.216. The summed E-state index contributed by atoms with van der Waals surface area (Å²) in [5.41, 5.74) is -0.891. The van der Waals surface area contributed by atoms with Gasteiger partial charge in [0.2, 0.25) is 0 Å². The van der Waals surface area contributed by atoms with Crippen molar-refractivity contribution in [2.24, 2.45) is 5.10 Å². The minimum atomic E-state index is -0.891. The lowest BCUT2D eigenvalue weighted by Gasteiger charge is -2.39. The average Bonchev–Trinajstić information content (AvgIpc) is 2.06. The van der Waals surface area contributed by atoms with Crippen LogP contribution < -0.4 is 0 Å². The Labute approximate surface area is 78.1 Å². The molecular formula is C9H15N3O. The van der Waals surface area contributed by atoms with Crippen molar-refractivity contribution < 1.29 is 5.11 Å². The molecule has 2 aliphatic rings. The number of nitrogens with zero attached hydrogens (tertiary/aromatic N) is 3. The predicted molar refractivity (Wildman–Crippen MR) is 51.2 cm³/mol. The van der Waals surface area contributed by atoms with E-state index in [0.29, 0.717) is 0 Å². The van der Waals surface area contributed by atoms with E-state index in [1.807, 2.05) is 18.1 Å². The van der Waals surface area contributed by atoms with Crippen molar-refractivity contribution in [2.45, 2.75) is 18.9 Å². The SMILES string of the molecule is CN1CCCN2N=CC(C)(O)C=C12. The lowest BCUT2D eigenvalue weighted by molar-refractivity contribution is 0.136. The summed E-state index contributed by atoms with van der Waals surface area (Å²) in [7, 11) is 2.02. The fraction of sp³-hybridized carbons (Fsp3) is 0.667. The zero-order valence-electron chi connectivity index (χ0n) is 8.06. The minimum Gasteiger partial charge on any atom is -0.380 e. The normalized spacial score (nSPS) is 33.0. The topological polar surface area (TPSA) is 39.1 Å². The van der Waals surface area contributed by atoms with Crippen LogP contribution in [0.15, 0.2) is 17.0 Å². The Morgan fingerprint density at radius 1 is 1.54 bits per heavy atom. The summed E-state index contributed by atoms with van der Waals surface area (Å²) >= 11 is 0. The van der Waals surface area contributed by atoms with Gasteiger partial charge < -0.3 is 10.0 Å². The Morgan fingerprint density at radius 3 is 3.08 bits per heavy atom. The van der Waals surface area contributed by atoms with Gasteiger partial charge in [-0.25, -0.2) is 0 Å². The number of rotatable bonds is 0. The third-order valence-electron chi connectivity index (χ3n) is 2.40. The summed E-state index contributed by atoms with van der Waals surface area (Å²) in [6.45, 7) is 3.72. The number of hydrogen-bond acceptors (Lipinski definition) is 4. The van der Waals surface area contributed by atoms with Gasteiger partial charge in [-0.3, -0.25) is 5.01 Å². The standard InChI is InChI=1S/C9H15N3O/c1-9(13)6-8-11(2)4-3-5-12(8)10-7-9/h6-7,13H,3-5H2,1-2H3. The van der Waals surface area contributed by atoms with Crippen LogP contribution in [0.25, 0.3) is 0 Å². The van der Waals surface area contributed by atoms with E-state index < -0.39 is 5.60 Å². The summed E-state index contributed by atoms with van der Waals surface area (Å²) in [5, 5.41) is 15.9. The van der Waals surface area contributed by atoms with Crippen molar-refractivity contribution in [1.82, 2.24) is 9.91 Å². The van der Waals surface area contributed by atoms with E-state index in [4.69, 9.17) is 0 Å². The van der Waals surface area contributed by atoms with Crippen LogP contribution >= 0.6 is 0 Å². The molecule has 2 rings (SSSR count). The number of hydrazone groups is 1. The van der Waals surface area contributed by atoms with Gasteiger partial charge in [0, 0.05) is 20.1 Å². The van der Waals surface area contributed by atoms with E-state index in [1.54, 1.807) is 13.1 Å². The zero-order valence-corrected chi connectivity index (χ0v) is 8.06. The first-order chi connectivity index (χ1) is 6.08. The van der Waals surface area contributed by atoms with Gasteiger partial charge in [0.15, 0.2) is 0 Å². The van der Waals surface area contributed by atoms with Crippen LogP contribution in [0.4, 0.5) is 0 Å². The Hall–Kier alpha value is -1.03. The first-order valence-corrected chi connectivity index (χ1v) is 4.57. The number of aliphatic hydroxyl groups is 1.